The van der Waals surface area contributed by atoms with Crippen molar-refractivity contribution in [3.05, 3.63) is 0 Å². The predicted molar refractivity (Wildman–Crippen MR) is 52.9 cm³/mol. The summed E-state index contributed by atoms with van der Waals surface area (Å²) in [5.74, 6) is -0.177. The Morgan fingerprint density at radius 1 is 1.31 bits per heavy atom. The lowest BCUT2D eigenvalue weighted by Crippen LogP contribution is -2.47. The van der Waals surface area contributed by atoms with Gasteiger partial charge in [-0.05, 0) is 13.3 Å². The molecule has 0 rings (SSSR count). The van der Waals surface area contributed by atoms with E-state index in [2.05, 4.69) is 6.92 Å². The SMILES string of the molecule is CCCC[N+](C)(CC)CS(=O)(=O)O. The van der Waals surface area contributed by atoms with Crippen molar-refractivity contribution >= 4 is 10.1 Å². The zero-order valence-corrected chi connectivity index (χ0v) is 9.47. The Labute approximate surface area is 80.9 Å². The van der Waals surface area contributed by atoms with Crippen LogP contribution in [0.5, 0.6) is 0 Å². The van der Waals surface area contributed by atoms with Crippen LogP contribution < -0.4 is 0 Å². The Morgan fingerprint density at radius 2 is 1.85 bits per heavy atom. The van der Waals surface area contributed by atoms with Crippen LogP contribution in [0.3, 0.4) is 0 Å². The van der Waals surface area contributed by atoms with Crippen LogP contribution in [0.4, 0.5) is 0 Å². The van der Waals surface area contributed by atoms with Crippen molar-refractivity contribution in [1.29, 1.82) is 0 Å². The van der Waals surface area contributed by atoms with Gasteiger partial charge in [0.05, 0.1) is 20.1 Å². The minimum Gasteiger partial charge on any atom is -0.312 e. The highest BCUT2D eigenvalue weighted by Gasteiger charge is 2.25. The zero-order chi connectivity index (χ0) is 10.5. The number of unbranched alkanes of at least 4 members (excludes halogenated alkanes) is 1. The first kappa shape index (κ1) is 12.9. The Kier molecular flexibility index (Phi) is 4.88. The fraction of sp³-hybridized carbons (Fsp3) is 1.00. The Morgan fingerprint density at radius 3 is 2.15 bits per heavy atom. The van der Waals surface area contributed by atoms with Gasteiger partial charge >= 0.3 is 10.1 Å². The Balaban J connectivity index is 4.28. The first-order valence-electron chi connectivity index (χ1n) is 4.61. The number of hydrogen-bond acceptors (Lipinski definition) is 2. The molecule has 0 spiro atoms. The molecule has 0 aliphatic rings. The molecule has 13 heavy (non-hydrogen) atoms. The van der Waals surface area contributed by atoms with Crippen molar-refractivity contribution in [2.45, 2.75) is 26.7 Å². The Hall–Kier alpha value is -0.130. The molecule has 0 heterocycles. The highest BCUT2D eigenvalue weighted by molar-refractivity contribution is 7.85. The van der Waals surface area contributed by atoms with E-state index in [1.54, 1.807) is 0 Å². The average molecular weight is 210 g/mol. The second-order valence-electron chi connectivity index (χ2n) is 3.72. The lowest BCUT2D eigenvalue weighted by atomic mass is 10.3. The topological polar surface area (TPSA) is 54.4 Å². The second-order valence-corrected chi connectivity index (χ2v) is 5.15. The maximum Gasteiger partial charge on any atom is 0.316 e. The molecule has 0 radical (unpaired) electrons. The van der Waals surface area contributed by atoms with Crippen molar-refractivity contribution in [1.82, 2.24) is 0 Å². The molecule has 0 aromatic carbocycles. The van der Waals surface area contributed by atoms with Crippen LogP contribution in [-0.4, -0.2) is 43.5 Å². The lowest BCUT2D eigenvalue weighted by molar-refractivity contribution is -0.896. The minimum absolute atomic E-state index is 0.177. The normalized spacial score (nSPS) is 16.9. The van der Waals surface area contributed by atoms with Crippen LogP contribution >= 0.6 is 0 Å². The third-order valence-electron chi connectivity index (χ3n) is 2.29. The summed E-state index contributed by atoms with van der Waals surface area (Å²) in [7, 11) is -2.00. The monoisotopic (exact) mass is 210 g/mol. The van der Waals surface area contributed by atoms with E-state index in [-0.39, 0.29) is 5.88 Å². The van der Waals surface area contributed by atoms with Crippen LogP contribution in [0.1, 0.15) is 26.7 Å². The summed E-state index contributed by atoms with van der Waals surface area (Å²) in [6.07, 6.45) is 2.03. The van der Waals surface area contributed by atoms with Crippen LogP contribution in [0.25, 0.3) is 0 Å². The molecule has 1 unspecified atom stereocenters. The molecule has 1 atom stereocenters. The Bertz CT molecular complexity index is 238. The van der Waals surface area contributed by atoms with Gasteiger partial charge in [0.2, 0.25) is 5.88 Å². The molecule has 0 fully saturated rings. The van der Waals surface area contributed by atoms with Gasteiger partial charge in [0.15, 0.2) is 0 Å². The highest BCUT2D eigenvalue weighted by atomic mass is 32.2. The standard InChI is InChI=1S/C8H19NO3S/c1-4-6-7-9(3,5-2)8-13(10,11)12/h4-8H2,1-3H3/p+1. The van der Waals surface area contributed by atoms with Crippen LogP contribution in [0, 0.1) is 0 Å². The van der Waals surface area contributed by atoms with Gasteiger partial charge in [-0.2, -0.15) is 8.42 Å². The highest BCUT2D eigenvalue weighted by Crippen LogP contribution is 2.07. The largest absolute Gasteiger partial charge is 0.316 e. The van der Waals surface area contributed by atoms with E-state index in [1.165, 1.54) is 0 Å². The van der Waals surface area contributed by atoms with Gasteiger partial charge in [-0.25, -0.2) is 0 Å². The smallest absolute Gasteiger partial charge is 0.312 e. The molecule has 4 nitrogen and oxygen atoms in total. The molecule has 0 amide bonds. The fourth-order valence-corrected chi connectivity index (χ4v) is 2.35. The number of rotatable bonds is 6. The van der Waals surface area contributed by atoms with E-state index in [0.717, 1.165) is 25.9 Å². The van der Waals surface area contributed by atoms with E-state index < -0.39 is 10.1 Å². The fourth-order valence-electron chi connectivity index (χ4n) is 1.25. The van der Waals surface area contributed by atoms with Gasteiger partial charge in [0.25, 0.3) is 0 Å². The van der Waals surface area contributed by atoms with Crippen molar-refractivity contribution in [3.63, 3.8) is 0 Å². The van der Waals surface area contributed by atoms with Crippen LogP contribution in [0.15, 0.2) is 0 Å². The van der Waals surface area contributed by atoms with Crippen molar-refractivity contribution in [2.24, 2.45) is 0 Å². The van der Waals surface area contributed by atoms with E-state index in [9.17, 15) is 8.42 Å². The average Bonchev–Trinajstić information content (AvgIpc) is 1.98. The molecule has 0 saturated heterocycles. The predicted octanol–water partition coefficient (Wildman–Crippen LogP) is 1.10. The molecular formula is C8H20NO3S+. The van der Waals surface area contributed by atoms with Crippen LogP contribution in [0.2, 0.25) is 0 Å². The molecule has 0 bridgehead atoms. The lowest BCUT2D eigenvalue weighted by Gasteiger charge is -2.31. The number of quaternary nitrogens is 1. The van der Waals surface area contributed by atoms with Crippen molar-refractivity contribution in [2.75, 3.05) is 26.0 Å². The first-order valence-corrected chi connectivity index (χ1v) is 6.22. The van der Waals surface area contributed by atoms with Gasteiger partial charge in [0, 0.05) is 0 Å². The van der Waals surface area contributed by atoms with E-state index >= 15 is 0 Å². The van der Waals surface area contributed by atoms with Gasteiger partial charge in [-0.3, -0.25) is 4.55 Å². The molecule has 0 aromatic heterocycles. The summed E-state index contributed by atoms with van der Waals surface area (Å²) in [5.41, 5.74) is 0. The number of nitrogens with zero attached hydrogens (tertiary/aromatic N) is 1. The summed E-state index contributed by atoms with van der Waals surface area (Å²) in [4.78, 5) is 0. The summed E-state index contributed by atoms with van der Waals surface area (Å²) in [5, 5.41) is 0. The quantitative estimate of drug-likeness (QED) is 0.527. The second kappa shape index (κ2) is 4.93. The van der Waals surface area contributed by atoms with Crippen molar-refractivity contribution < 1.29 is 17.5 Å². The van der Waals surface area contributed by atoms with E-state index in [4.69, 9.17) is 4.55 Å². The van der Waals surface area contributed by atoms with Gasteiger partial charge in [-0.1, -0.05) is 13.3 Å². The summed E-state index contributed by atoms with van der Waals surface area (Å²) in [6.45, 7) is 5.51. The van der Waals surface area contributed by atoms with Gasteiger partial charge in [-0.15, -0.1) is 0 Å². The summed E-state index contributed by atoms with van der Waals surface area (Å²) < 4.78 is 30.6. The summed E-state index contributed by atoms with van der Waals surface area (Å²) >= 11 is 0. The third kappa shape index (κ3) is 6.01. The molecular weight excluding hydrogens is 190 g/mol. The van der Waals surface area contributed by atoms with Crippen molar-refractivity contribution in [3.8, 4) is 0 Å². The van der Waals surface area contributed by atoms with Gasteiger partial charge < -0.3 is 4.48 Å². The van der Waals surface area contributed by atoms with Gasteiger partial charge in [0.1, 0.15) is 0 Å². The maximum atomic E-state index is 10.7. The molecule has 0 saturated carbocycles. The third-order valence-corrected chi connectivity index (χ3v) is 3.24. The van der Waals surface area contributed by atoms with Crippen LogP contribution in [-0.2, 0) is 10.1 Å². The molecule has 80 valence electrons. The zero-order valence-electron chi connectivity index (χ0n) is 8.65. The molecule has 0 aromatic rings. The number of hydrogen-bond donors (Lipinski definition) is 1. The van der Waals surface area contributed by atoms with E-state index in [0.29, 0.717) is 4.48 Å². The molecule has 0 aliphatic carbocycles. The van der Waals surface area contributed by atoms with E-state index in [1.807, 2.05) is 14.0 Å². The molecule has 5 heteroatoms. The molecule has 0 aliphatic heterocycles. The molecule has 1 N–H and O–H groups in total. The maximum absolute atomic E-state index is 10.7. The first-order chi connectivity index (χ1) is 5.83. The minimum atomic E-state index is -3.85. The summed E-state index contributed by atoms with van der Waals surface area (Å²) in [6, 6.07) is 0.